The zero-order valence-electron chi connectivity index (χ0n) is 9.17. The molecular formula is C14H9ClFN. The molecule has 0 aliphatic heterocycles. The minimum Gasteiger partial charge on any atom is -0.206 e. The molecule has 0 amide bonds. The van der Waals surface area contributed by atoms with Gasteiger partial charge in [-0.15, -0.1) is 0 Å². The van der Waals surface area contributed by atoms with E-state index in [0.29, 0.717) is 16.1 Å². The van der Waals surface area contributed by atoms with E-state index in [9.17, 15) is 4.39 Å². The molecule has 0 aliphatic carbocycles. The molecule has 0 saturated heterocycles. The van der Waals surface area contributed by atoms with Gasteiger partial charge in [0, 0.05) is 10.6 Å². The summed E-state index contributed by atoms with van der Waals surface area (Å²) in [4.78, 5) is 0. The molecule has 0 aromatic heterocycles. The van der Waals surface area contributed by atoms with Crippen molar-refractivity contribution in [1.29, 1.82) is 5.26 Å². The van der Waals surface area contributed by atoms with Crippen molar-refractivity contribution in [2.24, 2.45) is 0 Å². The highest BCUT2D eigenvalue weighted by atomic mass is 35.5. The lowest BCUT2D eigenvalue weighted by atomic mass is 9.98. The number of halogens is 2. The highest BCUT2D eigenvalue weighted by molar-refractivity contribution is 6.30. The number of aryl methyl sites for hydroxylation is 1. The van der Waals surface area contributed by atoms with Gasteiger partial charge in [0.15, 0.2) is 0 Å². The van der Waals surface area contributed by atoms with Crippen LogP contribution < -0.4 is 0 Å². The maximum Gasteiger partial charge on any atom is 0.132 e. The monoisotopic (exact) mass is 245 g/mol. The molecule has 17 heavy (non-hydrogen) atoms. The summed E-state index contributed by atoms with van der Waals surface area (Å²) >= 11 is 5.71. The van der Waals surface area contributed by atoms with Gasteiger partial charge in [-0.25, -0.2) is 4.39 Å². The summed E-state index contributed by atoms with van der Waals surface area (Å²) in [6.07, 6.45) is 0. The van der Waals surface area contributed by atoms with E-state index in [2.05, 4.69) is 6.07 Å². The summed E-state index contributed by atoms with van der Waals surface area (Å²) in [6.45, 7) is 1.85. The Kier molecular flexibility index (Phi) is 3.12. The van der Waals surface area contributed by atoms with Crippen molar-refractivity contribution >= 4 is 11.6 Å². The molecule has 0 unspecified atom stereocenters. The highest BCUT2D eigenvalue weighted by Gasteiger charge is 2.08. The fourth-order valence-electron chi connectivity index (χ4n) is 1.74. The average molecular weight is 246 g/mol. The first-order chi connectivity index (χ1) is 8.11. The Bertz CT molecular complexity index is 614. The first-order valence-corrected chi connectivity index (χ1v) is 5.46. The van der Waals surface area contributed by atoms with Crippen molar-refractivity contribution in [2.75, 3.05) is 0 Å². The van der Waals surface area contributed by atoms with Gasteiger partial charge in [-0.3, -0.25) is 0 Å². The zero-order valence-corrected chi connectivity index (χ0v) is 9.92. The number of benzene rings is 2. The number of nitrogens with zero attached hydrogens (tertiary/aromatic N) is 1. The third kappa shape index (κ3) is 2.30. The second kappa shape index (κ2) is 4.57. The molecule has 2 aromatic rings. The predicted octanol–water partition coefficient (Wildman–Crippen LogP) is 4.33. The van der Waals surface area contributed by atoms with Crippen LogP contribution in [0.15, 0.2) is 36.4 Å². The molecule has 2 aromatic carbocycles. The van der Waals surface area contributed by atoms with Crippen molar-refractivity contribution < 1.29 is 4.39 Å². The second-order valence-electron chi connectivity index (χ2n) is 3.77. The van der Waals surface area contributed by atoms with Crippen LogP contribution in [0.4, 0.5) is 4.39 Å². The fourth-order valence-corrected chi connectivity index (χ4v) is 1.90. The van der Waals surface area contributed by atoms with Crippen molar-refractivity contribution in [3.63, 3.8) is 0 Å². The van der Waals surface area contributed by atoms with Gasteiger partial charge in [0.05, 0.1) is 11.6 Å². The molecule has 1 nitrogen and oxygen atoms in total. The summed E-state index contributed by atoms with van der Waals surface area (Å²) in [7, 11) is 0. The molecule has 0 N–H and O–H groups in total. The Hall–Kier alpha value is -1.85. The Morgan fingerprint density at radius 1 is 1.12 bits per heavy atom. The molecule has 0 atom stereocenters. The van der Waals surface area contributed by atoms with E-state index in [1.54, 1.807) is 30.3 Å². The molecule has 0 saturated carbocycles. The van der Waals surface area contributed by atoms with Crippen LogP contribution in [0.5, 0.6) is 0 Å². The lowest BCUT2D eigenvalue weighted by molar-refractivity contribution is 0.631. The molecular weight excluding hydrogens is 237 g/mol. The van der Waals surface area contributed by atoms with Gasteiger partial charge >= 0.3 is 0 Å². The van der Waals surface area contributed by atoms with Crippen LogP contribution in [0.1, 0.15) is 11.1 Å². The van der Waals surface area contributed by atoms with Crippen molar-refractivity contribution in [3.05, 3.63) is 58.4 Å². The van der Waals surface area contributed by atoms with Crippen LogP contribution in [-0.2, 0) is 0 Å². The van der Waals surface area contributed by atoms with Crippen LogP contribution in [0, 0.1) is 24.1 Å². The molecule has 0 radical (unpaired) electrons. The van der Waals surface area contributed by atoms with Crippen LogP contribution in [0.2, 0.25) is 5.02 Å². The largest absolute Gasteiger partial charge is 0.206 e. The minimum atomic E-state index is -0.356. The molecule has 0 spiro atoms. The third-order valence-electron chi connectivity index (χ3n) is 2.58. The first kappa shape index (κ1) is 11.6. The highest BCUT2D eigenvalue weighted by Crippen LogP contribution is 2.28. The van der Waals surface area contributed by atoms with Gasteiger partial charge in [-0.1, -0.05) is 17.7 Å². The fraction of sp³-hybridized carbons (Fsp3) is 0.0714. The summed E-state index contributed by atoms with van der Waals surface area (Å²) in [6, 6.07) is 11.8. The SMILES string of the molecule is Cc1cc(C#N)ccc1-c1ccc(Cl)cc1F. The standard InChI is InChI=1S/C14H9ClFN/c1-9-6-10(8-17)2-4-12(9)13-5-3-11(15)7-14(13)16/h2-7H,1H3. The summed E-state index contributed by atoms with van der Waals surface area (Å²) in [5.74, 6) is -0.356. The van der Waals surface area contributed by atoms with Gasteiger partial charge in [-0.2, -0.15) is 5.26 Å². The predicted molar refractivity (Wildman–Crippen MR) is 66.3 cm³/mol. The lowest BCUT2D eigenvalue weighted by Gasteiger charge is -2.07. The second-order valence-corrected chi connectivity index (χ2v) is 4.20. The van der Waals surface area contributed by atoms with Gasteiger partial charge in [0.25, 0.3) is 0 Å². The third-order valence-corrected chi connectivity index (χ3v) is 2.81. The van der Waals surface area contributed by atoms with E-state index in [4.69, 9.17) is 16.9 Å². The normalized spacial score (nSPS) is 10.0. The number of hydrogen-bond acceptors (Lipinski definition) is 1. The maximum atomic E-state index is 13.7. The number of hydrogen-bond donors (Lipinski definition) is 0. The summed E-state index contributed by atoms with van der Waals surface area (Å²) in [5, 5.41) is 9.15. The Labute approximate surface area is 104 Å². The molecule has 0 bridgehead atoms. The molecule has 0 aliphatic rings. The topological polar surface area (TPSA) is 23.8 Å². The molecule has 3 heteroatoms. The van der Waals surface area contributed by atoms with Crippen LogP contribution in [-0.4, -0.2) is 0 Å². The Morgan fingerprint density at radius 2 is 1.82 bits per heavy atom. The number of rotatable bonds is 1. The maximum absolute atomic E-state index is 13.7. The van der Waals surface area contributed by atoms with Gasteiger partial charge < -0.3 is 0 Å². The Morgan fingerprint density at radius 3 is 2.41 bits per heavy atom. The average Bonchev–Trinajstić information content (AvgIpc) is 2.30. The number of nitriles is 1. The van der Waals surface area contributed by atoms with Crippen LogP contribution in [0.3, 0.4) is 0 Å². The Balaban J connectivity index is 2.58. The van der Waals surface area contributed by atoms with E-state index in [1.807, 2.05) is 6.92 Å². The van der Waals surface area contributed by atoms with Gasteiger partial charge in [0.1, 0.15) is 5.82 Å². The van der Waals surface area contributed by atoms with E-state index >= 15 is 0 Å². The van der Waals surface area contributed by atoms with Crippen molar-refractivity contribution in [1.82, 2.24) is 0 Å². The minimum absolute atomic E-state index is 0.356. The quantitative estimate of drug-likeness (QED) is 0.734. The first-order valence-electron chi connectivity index (χ1n) is 5.08. The summed E-state index contributed by atoms with van der Waals surface area (Å²) < 4.78 is 13.7. The van der Waals surface area contributed by atoms with E-state index in [0.717, 1.165) is 11.1 Å². The molecule has 2 rings (SSSR count). The van der Waals surface area contributed by atoms with E-state index in [-0.39, 0.29) is 5.82 Å². The lowest BCUT2D eigenvalue weighted by Crippen LogP contribution is -1.89. The van der Waals surface area contributed by atoms with Gasteiger partial charge in [-0.05, 0) is 48.4 Å². The van der Waals surface area contributed by atoms with Crippen molar-refractivity contribution in [2.45, 2.75) is 6.92 Å². The molecule has 84 valence electrons. The zero-order chi connectivity index (χ0) is 12.4. The van der Waals surface area contributed by atoms with Crippen molar-refractivity contribution in [3.8, 4) is 17.2 Å². The smallest absolute Gasteiger partial charge is 0.132 e. The van der Waals surface area contributed by atoms with E-state index in [1.165, 1.54) is 6.07 Å². The summed E-state index contributed by atoms with van der Waals surface area (Å²) in [5.41, 5.74) is 2.71. The van der Waals surface area contributed by atoms with E-state index < -0.39 is 0 Å². The van der Waals surface area contributed by atoms with Gasteiger partial charge in [0.2, 0.25) is 0 Å². The van der Waals surface area contributed by atoms with Crippen LogP contribution in [0.25, 0.3) is 11.1 Å². The van der Waals surface area contributed by atoms with Crippen LogP contribution >= 0.6 is 11.6 Å². The molecule has 0 heterocycles. The molecule has 0 fully saturated rings.